The molecule has 2 N–H and O–H groups in total. The molecular formula is C18H21N5O2. The summed E-state index contributed by atoms with van der Waals surface area (Å²) in [5, 5.41) is 9.94. The van der Waals surface area contributed by atoms with Gasteiger partial charge in [0.2, 0.25) is 0 Å². The summed E-state index contributed by atoms with van der Waals surface area (Å²) in [5.41, 5.74) is 0.932. The van der Waals surface area contributed by atoms with E-state index in [1.165, 1.54) is 0 Å². The van der Waals surface area contributed by atoms with Crippen molar-refractivity contribution in [3.8, 4) is 5.69 Å². The molecule has 130 valence electrons. The van der Waals surface area contributed by atoms with Crippen LogP contribution in [0.15, 0.2) is 65.4 Å². The van der Waals surface area contributed by atoms with Crippen LogP contribution in [0.5, 0.6) is 0 Å². The van der Waals surface area contributed by atoms with Gasteiger partial charge in [0.05, 0.1) is 18.0 Å². The Morgan fingerprint density at radius 3 is 2.68 bits per heavy atom. The number of likely N-dealkylation sites (N-methyl/N-ethyl adjacent to an activating group) is 1. The van der Waals surface area contributed by atoms with E-state index >= 15 is 0 Å². The SMILES string of the molecule is CN(C)[C@@H](CNC(=O)Nc1ccn(-c2ccccc2)n1)c1ccco1. The number of benzene rings is 1. The van der Waals surface area contributed by atoms with Gasteiger partial charge < -0.3 is 9.73 Å². The molecule has 0 aliphatic rings. The van der Waals surface area contributed by atoms with E-state index in [1.54, 1.807) is 23.2 Å². The monoisotopic (exact) mass is 339 g/mol. The van der Waals surface area contributed by atoms with E-state index in [-0.39, 0.29) is 12.1 Å². The molecule has 0 aliphatic heterocycles. The van der Waals surface area contributed by atoms with Crippen LogP contribution in [0.4, 0.5) is 10.6 Å². The number of urea groups is 1. The lowest BCUT2D eigenvalue weighted by atomic mass is 10.2. The fraction of sp³-hybridized carbons (Fsp3) is 0.222. The Morgan fingerprint density at radius 2 is 2.00 bits per heavy atom. The molecule has 0 spiro atoms. The molecular weight excluding hydrogens is 318 g/mol. The molecule has 7 heteroatoms. The molecule has 0 aliphatic carbocycles. The number of carbonyl (C=O) groups excluding carboxylic acids is 1. The van der Waals surface area contributed by atoms with Gasteiger partial charge in [0.25, 0.3) is 0 Å². The quantitative estimate of drug-likeness (QED) is 0.724. The lowest BCUT2D eigenvalue weighted by Gasteiger charge is -2.22. The molecule has 1 atom stereocenters. The first kappa shape index (κ1) is 16.8. The number of nitrogens with zero attached hydrogens (tertiary/aromatic N) is 3. The van der Waals surface area contributed by atoms with E-state index in [4.69, 9.17) is 4.42 Å². The maximum absolute atomic E-state index is 12.1. The number of para-hydroxylation sites is 1. The molecule has 0 unspecified atom stereocenters. The largest absolute Gasteiger partial charge is 0.468 e. The molecule has 0 fully saturated rings. The van der Waals surface area contributed by atoms with Crippen LogP contribution in [0, 0.1) is 0 Å². The highest BCUT2D eigenvalue weighted by molar-refractivity contribution is 5.88. The third kappa shape index (κ3) is 4.27. The predicted octanol–water partition coefficient (Wildman–Crippen LogP) is 2.89. The van der Waals surface area contributed by atoms with Crippen LogP contribution in [-0.4, -0.2) is 41.4 Å². The van der Waals surface area contributed by atoms with E-state index in [2.05, 4.69) is 15.7 Å². The summed E-state index contributed by atoms with van der Waals surface area (Å²) in [7, 11) is 3.88. The molecule has 0 saturated heterocycles. The molecule has 2 aromatic heterocycles. The van der Waals surface area contributed by atoms with Gasteiger partial charge in [-0.15, -0.1) is 5.10 Å². The summed E-state index contributed by atoms with van der Waals surface area (Å²) in [5.74, 6) is 1.29. The Labute approximate surface area is 146 Å². The van der Waals surface area contributed by atoms with Crippen LogP contribution in [0.1, 0.15) is 11.8 Å². The normalized spacial score (nSPS) is 12.1. The smallest absolute Gasteiger partial charge is 0.320 e. The number of carbonyl (C=O) groups is 1. The van der Waals surface area contributed by atoms with Crippen molar-refractivity contribution in [2.24, 2.45) is 0 Å². The lowest BCUT2D eigenvalue weighted by Crippen LogP contribution is -2.36. The standard InChI is InChI=1S/C18H21N5O2/c1-22(2)15(16-9-6-12-25-16)13-19-18(24)20-17-10-11-23(21-17)14-7-4-3-5-8-14/h3-12,15H,13H2,1-2H3,(H2,19,20,21,24)/t15-/m0/s1. The summed E-state index contributed by atoms with van der Waals surface area (Å²) >= 11 is 0. The summed E-state index contributed by atoms with van der Waals surface area (Å²) in [6, 6.07) is 14.8. The maximum Gasteiger partial charge on any atom is 0.320 e. The minimum absolute atomic E-state index is 0.0392. The lowest BCUT2D eigenvalue weighted by molar-refractivity contribution is 0.233. The highest BCUT2D eigenvalue weighted by atomic mass is 16.3. The average Bonchev–Trinajstić information content (AvgIpc) is 3.28. The number of amides is 2. The highest BCUT2D eigenvalue weighted by Gasteiger charge is 2.18. The molecule has 0 bridgehead atoms. The second kappa shape index (κ2) is 7.67. The molecule has 3 aromatic rings. The van der Waals surface area contributed by atoms with Gasteiger partial charge in [-0.3, -0.25) is 10.2 Å². The minimum Gasteiger partial charge on any atom is -0.468 e. The zero-order valence-corrected chi connectivity index (χ0v) is 14.2. The summed E-state index contributed by atoms with van der Waals surface area (Å²) in [4.78, 5) is 14.1. The summed E-state index contributed by atoms with van der Waals surface area (Å²) in [6.45, 7) is 0.422. The Morgan fingerprint density at radius 1 is 1.20 bits per heavy atom. The Bertz CT molecular complexity index is 796. The number of nitrogens with one attached hydrogen (secondary N) is 2. The molecule has 0 radical (unpaired) electrons. The second-order valence-electron chi connectivity index (χ2n) is 5.81. The first-order valence-corrected chi connectivity index (χ1v) is 7.99. The summed E-state index contributed by atoms with van der Waals surface area (Å²) < 4.78 is 7.14. The van der Waals surface area contributed by atoms with E-state index in [9.17, 15) is 4.79 Å². The predicted molar refractivity (Wildman–Crippen MR) is 95.7 cm³/mol. The first-order valence-electron chi connectivity index (χ1n) is 7.99. The fourth-order valence-corrected chi connectivity index (χ4v) is 2.48. The van der Waals surface area contributed by atoms with Crippen LogP contribution in [0.25, 0.3) is 5.69 Å². The fourth-order valence-electron chi connectivity index (χ4n) is 2.48. The van der Waals surface area contributed by atoms with Gasteiger partial charge in [0.15, 0.2) is 5.82 Å². The van der Waals surface area contributed by atoms with Crippen molar-refractivity contribution in [1.82, 2.24) is 20.0 Å². The van der Waals surface area contributed by atoms with E-state index < -0.39 is 0 Å². The minimum atomic E-state index is -0.309. The van der Waals surface area contributed by atoms with E-state index in [0.29, 0.717) is 12.4 Å². The maximum atomic E-state index is 12.1. The number of anilines is 1. The van der Waals surface area contributed by atoms with E-state index in [1.807, 2.05) is 61.5 Å². The first-order chi connectivity index (χ1) is 12.1. The van der Waals surface area contributed by atoms with Crippen LogP contribution in [0.2, 0.25) is 0 Å². The van der Waals surface area contributed by atoms with Gasteiger partial charge in [0.1, 0.15) is 5.76 Å². The van der Waals surface area contributed by atoms with Crippen molar-refractivity contribution >= 4 is 11.8 Å². The molecule has 2 amide bonds. The van der Waals surface area contributed by atoms with Gasteiger partial charge in [-0.25, -0.2) is 9.48 Å². The Hall–Kier alpha value is -3.06. The van der Waals surface area contributed by atoms with Crippen LogP contribution >= 0.6 is 0 Å². The average molecular weight is 339 g/mol. The van der Waals surface area contributed by atoms with Gasteiger partial charge in [-0.1, -0.05) is 18.2 Å². The Balaban J connectivity index is 1.57. The Kier molecular flexibility index (Phi) is 5.15. The third-order valence-electron chi connectivity index (χ3n) is 3.80. The van der Waals surface area contributed by atoms with Crippen LogP contribution in [0.3, 0.4) is 0 Å². The molecule has 2 heterocycles. The molecule has 7 nitrogen and oxygen atoms in total. The van der Waals surface area contributed by atoms with Crippen molar-refractivity contribution in [2.75, 3.05) is 26.0 Å². The van der Waals surface area contributed by atoms with Crippen LogP contribution < -0.4 is 10.6 Å². The summed E-state index contributed by atoms with van der Waals surface area (Å²) in [6.07, 6.45) is 3.43. The number of rotatable bonds is 6. The van der Waals surface area contributed by atoms with Gasteiger partial charge in [0, 0.05) is 18.8 Å². The molecule has 1 aromatic carbocycles. The van der Waals surface area contributed by atoms with Crippen molar-refractivity contribution < 1.29 is 9.21 Å². The third-order valence-corrected chi connectivity index (χ3v) is 3.80. The highest BCUT2D eigenvalue weighted by Crippen LogP contribution is 2.17. The number of furan rings is 1. The second-order valence-corrected chi connectivity index (χ2v) is 5.81. The number of hydrogen-bond acceptors (Lipinski definition) is 4. The topological polar surface area (TPSA) is 75.3 Å². The van der Waals surface area contributed by atoms with Gasteiger partial charge >= 0.3 is 6.03 Å². The van der Waals surface area contributed by atoms with Gasteiger partial charge in [-0.05, 0) is 38.4 Å². The van der Waals surface area contributed by atoms with Crippen LogP contribution in [-0.2, 0) is 0 Å². The zero-order valence-electron chi connectivity index (χ0n) is 14.2. The van der Waals surface area contributed by atoms with Crippen molar-refractivity contribution in [3.05, 3.63) is 66.8 Å². The number of aromatic nitrogens is 2. The molecule has 3 rings (SSSR count). The molecule has 25 heavy (non-hydrogen) atoms. The van der Waals surface area contributed by atoms with Crippen molar-refractivity contribution in [3.63, 3.8) is 0 Å². The molecule has 0 saturated carbocycles. The van der Waals surface area contributed by atoms with Gasteiger partial charge in [-0.2, -0.15) is 0 Å². The van der Waals surface area contributed by atoms with Crippen molar-refractivity contribution in [2.45, 2.75) is 6.04 Å². The number of hydrogen-bond donors (Lipinski definition) is 2. The van der Waals surface area contributed by atoms with E-state index in [0.717, 1.165) is 11.4 Å². The zero-order chi connectivity index (χ0) is 17.6. The van der Waals surface area contributed by atoms with Crippen molar-refractivity contribution in [1.29, 1.82) is 0 Å².